The van der Waals surface area contributed by atoms with E-state index in [1.165, 1.54) is 4.90 Å². The van der Waals surface area contributed by atoms with Gasteiger partial charge in [-0.05, 0) is 36.8 Å². The molecule has 0 aliphatic carbocycles. The van der Waals surface area contributed by atoms with Crippen LogP contribution in [0, 0.1) is 11.6 Å². The van der Waals surface area contributed by atoms with Crippen molar-refractivity contribution in [2.24, 2.45) is 0 Å². The molecule has 1 atom stereocenters. The van der Waals surface area contributed by atoms with Crippen LogP contribution in [0.1, 0.15) is 38.3 Å². The number of nitrogens with zero attached hydrogens (tertiary/aromatic N) is 2. The maximum atomic E-state index is 13.9. The van der Waals surface area contributed by atoms with Gasteiger partial charge >= 0.3 is 0 Å². The van der Waals surface area contributed by atoms with Crippen molar-refractivity contribution in [3.8, 4) is 0 Å². The predicted octanol–water partition coefficient (Wildman–Crippen LogP) is 4.82. The van der Waals surface area contributed by atoms with Crippen molar-refractivity contribution >= 4 is 23.4 Å². The molecule has 2 aliphatic heterocycles. The van der Waals surface area contributed by atoms with Crippen molar-refractivity contribution in [3.05, 3.63) is 106 Å². The van der Waals surface area contributed by atoms with E-state index in [9.17, 15) is 18.4 Å². The molecule has 156 valence electrons. The van der Waals surface area contributed by atoms with Gasteiger partial charge in [-0.15, -0.1) is 0 Å². The van der Waals surface area contributed by atoms with Crippen molar-refractivity contribution < 1.29 is 18.4 Å². The third-order valence-corrected chi connectivity index (χ3v) is 6.18. The average Bonchev–Trinajstić information content (AvgIpc) is 3.03. The average molecular weight is 439 g/mol. The van der Waals surface area contributed by atoms with Crippen LogP contribution in [0.25, 0.3) is 0 Å². The highest BCUT2D eigenvalue weighted by Gasteiger charge is 2.57. The zero-order valence-corrected chi connectivity index (χ0v) is 17.1. The molecule has 1 fully saturated rings. The molecule has 2 heterocycles. The SMILES string of the molecule is O=C(c1cc(F)cc(F)c1)N1CCCN2C(=O)c3ccccc3C12c1ccc(Cl)cc1. The third-order valence-electron chi connectivity index (χ3n) is 5.92. The highest BCUT2D eigenvalue weighted by atomic mass is 35.5. The summed E-state index contributed by atoms with van der Waals surface area (Å²) in [5.74, 6) is -2.41. The van der Waals surface area contributed by atoms with Crippen LogP contribution in [0.5, 0.6) is 0 Å². The second kappa shape index (κ2) is 7.17. The van der Waals surface area contributed by atoms with Crippen molar-refractivity contribution in [3.63, 3.8) is 0 Å². The molecule has 0 spiro atoms. The zero-order valence-electron chi connectivity index (χ0n) is 16.3. The first kappa shape index (κ1) is 19.7. The van der Waals surface area contributed by atoms with E-state index in [2.05, 4.69) is 0 Å². The summed E-state index contributed by atoms with van der Waals surface area (Å²) in [6.45, 7) is 0.759. The summed E-state index contributed by atoms with van der Waals surface area (Å²) in [4.78, 5) is 30.2. The molecule has 31 heavy (non-hydrogen) atoms. The van der Waals surface area contributed by atoms with E-state index in [-0.39, 0.29) is 11.5 Å². The summed E-state index contributed by atoms with van der Waals surface area (Å²) in [6, 6.07) is 16.9. The molecule has 7 heteroatoms. The number of hydrogen-bond acceptors (Lipinski definition) is 2. The van der Waals surface area contributed by atoms with Crippen LogP contribution in [0.3, 0.4) is 0 Å². The summed E-state index contributed by atoms with van der Waals surface area (Å²) < 4.78 is 27.8. The number of hydrogen-bond donors (Lipinski definition) is 0. The number of benzene rings is 3. The molecule has 2 aliphatic rings. The monoisotopic (exact) mass is 438 g/mol. The molecule has 0 radical (unpaired) electrons. The Bertz CT molecular complexity index is 1190. The van der Waals surface area contributed by atoms with Crippen molar-refractivity contribution in [2.75, 3.05) is 13.1 Å². The third kappa shape index (κ3) is 2.86. The number of carbonyl (C=O) groups excluding carboxylic acids is 2. The Balaban J connectivity index is 1.77. The standard InChI is InChI=1S/C24H17ClF2N2O2/c25-17-8-6-16(7-9-17)24-21-5-2-1-4-20(21)23(31)29(24)11-3-10-28(24)22(30)15-12-18(26)14-19(27)13-15/h1-2,4-9,12-14H,3,10-11H2. The summed E-state index contributed by atoms with van der Waals surface area (Å²) in [6.07, 6.45) is 0.540. The van der Waals surface area contributed by atoms with Crippen LogP contribution >= 0.6 is 11.6 Å². The minimum absolute atomic E-state index is 0.107. The molecule has 2 amide bonds. The molecular formula is C24H17ClF2N2O2. The molecular weight excluding hydrogens is 422 g/mol. The maximum absolute atomic E-state index is 13.9. The zero-order chi connectivity index (χ0) is 21.8. The van der Waals surface area contributed by atoms with Crippen molar-refractivity contribution in [1.29, 1.82) is 0 Å². The molecule has 0 aromatic heterocycles. The van der Waals surface area contributed by atoms with Gasteiger partial charge in [0.1, 0.15) is 11.6 Å². The van der Waals surface area contributed by atoms with Gasteiger partial charge in [0.25, 0.3) is 11.8 Å². The van der Waals surface area contributed by atoms with Gasteiger partial charge in [0, 0.05) is 46.4 Å². The Morgan fingerprint density at radius 3 is 2.32 bits per heavy atom. The molecule has 3 aromatic carbocycles. The number of carbonyl (C=O) groups is 2. The topological polar surface area (TPSA) is 40.6 Å². The van der Waals surface area contributed by atoms with Gasteiger partial charge in [0.2, 0.25) is 0 Å². The predicted molar refractivity (Wildman–Crippen MR) is 112 cm³/mol. The van der Waals surface area contributed by atoms with Gasteiger partial charge in [-0.3, -0.25) is 9.59 Å². The molecule has 3 aromatic rings. The second-order valence-electron chi connectivity index (χ2n) is 7.65. The summed E-state index contributed by atoms with van der Waals surface area (Å²) in [5.41, 5.74) is 0.510. The second-order valence-corrected chi connectivity index (χ2v) is 8.09. The van der Waals surface area contributed by atoms with Crippen molar-refractivity contribution in [2.45, 2.75) is 12.1 Å². The Morgan fingerprint density at radius 1 is 0.935 bits per heavy atom. The van der Waals surface area contributed by atoms with E-state index in [1.54, 1.807) is 41.3 Å². The Morgan fingerprint density at radius 2 is 1.61 bits per heavy atom. The van der Waals surface area contributed by atoms with Crippen LogP contribution in [0.15, 0.2) is 66.7 Å². The minimum Gasteiger partial charge on any atom is -0.307 e. The molecule has 0 bridgehead atoms. The van der Waals surface area contributed by atoms with Crippen LogP contribution in [0.4, 0.5) is 8.78 Å². The number of fused-ring (bicyclic) bond motifs is 3. The first-order chi connectivity index (χ1) is 14.9. The Hall–Kier alpha value is -3.25. The smallest absolute Gasteiger partial charge is 0.256 e. The fraction of sp³-hybridized carbons (Fsp3) is 0.167. The van der Waals surface area contributed by atoms with Gasteiger partial charge in [-0.1, -0.05) is 41.9 Å². The molecule has 0 saturated carbocycles. The van der Waals surface area contributed by atoms with Gasteiger partial charge < -0.3 is 9.80 Å². The highest BCUT2D eigenvalue weighted by molar-refractivity contribution is 6.30. The molecule has 1 saturated heterocycles. The lowest BCUT2D eigenvalue weighted by molar-refractivity contribution is -0.0249. The van der Waals surface area contributed by atoms with Crippen LogP contribution in [0.2, 0.25) is 5.02 Å². The van der Waals surface area contributed by atoms with Crippen LogP contribution in [-0.4, -0.2) is 34.7 Å². The van der Waals surface area contributed by atoms with Crippen LogP contribution in [-0.2, 0) is 5.66 Å². The number of halogens is 3. The van der Waals surface area contributed by atoms with Crippen LogP contribution < -0.4 is 0 Å². The lowest BCUT2D eigenvalue weighted by atomic mass is 9.86. The molecule has 4 nitrogen and oxygen atoms in total. The number of amides is 2. The maximum Gasteiger partial charge on any atom is 0.256 e. The summed E-state index contributed by atoms with van der Waals surface area (Å²) in [5, 5.41) is 0.519. The largest absolute Gasteiger partial charge is 0.307 e. The van der Waals surface area contributed by atoms with E-state index in [0.717, 1.165) is 18.2 Å². The van der Waals surface area contributed by atoms with E-state index < -0.39 is 23.2 Å². The van der Waals surface area contributed by atoms with Gasteiger partial charge in [-0.25, -0.2) is 8.78 Å². The lowest BCUT2D eigenvalue weighted by Crippen LogP contribution is -2.62. The minimum atomic E-state index is -1.23. The van der Waals surface area contributed by atoms with E-state index in [0.29, 0.717) is 41.2 Å². The number of rotatable bonds is 2. The fourth-order valence-electron chi connectivity index (χ4n) is 4.75. The quantitative estimate of drug-likeness (QED) is 0.575. The molecule has 5 rings (SSSR count). The summed E-state index contributed by atoms with van der Waals surface area (Å²) in [7, 11) is 0. The Kier molecular flexibility index (Phi) is 4.55. The normalized spacial score (nSPS) is 19.9. The molecule has 0 N–H and O–H groups in total. The fourth-order valence-corrected chi connectivity index (χ4v) is 4.87. The first-order valence-corrected chi connectivity index (χ1v) is 10.3. The first-order valence-electron chi connectivity index (χ1n) is 9.88. The van der Waals surface area contributed by atoms with E-state index in [1.807, 2.05) is 12.1 Å². The lowest BCUT2D eigenvalue weighted by Gasteiger charge is -2.51. The Labute approximate surface area is 182 Å². The molecule has 1 unspecified atom stereocenters. The highest BCUT2D eigenvalue weighted by Crippen LogP contribution is 2.49. The van der Waals surface area contributed by atoms with E-state index in [4.69, 9.17) is 11.6 Å². The van der Waals surface area contributed by atoms with Gasteiger partial charge in [0.15, 0.2) is 5.66 Å². The summed E-state index contributed by atoms with van der Waals surface area (Å²) >= 11 is 6.11. The van der Waals surface area contributed by atoms with Gasteiger partial charge in [0.05, 0.1) is 0 Å². The van der Waals surface area contributed by atoms with Crippen molar-refractivity contribution in [1.82, 2.24) is 9.80 Å². The van der Waals surface area contributed by atoms with Gasteiger partial charge in [-0.2, -0.15) is 0 Å². The van der Waals surface area contributed by atoms with E-state index >= 15 is 0 Å².